The first-order valence-corrected chi connectivity index (χ1v) is 17.6. The van der Waals surface area contributed by atoms with Gasteiger partial charge in [0.1, 0.15) is 16.2 Å². The highest BCUT2D eigenvalue weighted by atomic mass is 32.1. The highest BCUT2D eigenvalue weighted by Gasteiger charge is 2.58. The van der Waals surface area contributed by atoms with E-state index < -0.39 is 41.9 Å². The number of unbranched alkanes of at least 4 members (excludes halogenated alkanes) is 1. The maximum atomic E-state index is 14.2. The van der Waals surface area contributed by atoms with Crippen LogP contribution in [0, 0.1) is 0 Å². The summed E-state index contributed by atoms with van der Waals surface area (Å²) in [7, 11) is -3.62. The van der Waals surface area contributed by atoms with E-state index in [2.05, 4.69) is 4.98 Å². The minimum atomic E-state index is -3.62. The average molecular weight is 652 g/mol. The van der Waals surface area contributed by atoms with Crippen molar-refractivity contribution in [2.24, 2.45) is 0 Å². The van der Waals surface area contributed by atoms with Crippen LogP contribution >= 0.6 is 18.7 Å². The van der Waals surface area contributed by atoms with Crippen LogP contribution in [0.15, 0.2) is 35.8 Å². The third-order valence-electron chi connectivity index (χ3n) is 7.11. The van der Waals surface area contributed by atoms with Gasteiger partial charge in [-0.05, 0) is 73.3 Å². The van der Waals surface area contributed by atoms with E-state index in [1.165, 1.54) is 11.3 Å². The zero-order valence-electron chi connectivity index (χ0n) is 26.8. The number of hydrogen-bond acceptors (Lipinski definition) is 10. The normalized spacial score (nSPS) is 21.1. The second-order valence-corrected chi connectivity index (χ2v) is 16.7. The molecule has 1 N–H and O–H groups in total. The molecule has 2 heterocycles. The third kappa shape index (κ3) is 9.12. The molecule has 1 fully saturated rings. The second-order valence-electron chi connectivity index (χ2n) is 12.9. The molecule has 11 nitrogen and oxygen atoms in total. The van der Waals surface area contributed by atoms with Gasteiger partial charge in [0.2, 0.25) is 7.37 Å². The Labute approximate surface area is 264 Å². The summed E-state index contributed by atoms with van der Waals surface area (Å²) in [6, 6.07) is 7.87. The van der Waals surface area contributed by atoms with Crippen LogP contribution < -0.4 is 0 Å². The van der Waals surface area contributed by atoms with Crippen molar-refractivity contribution in [1.29, 1.82) is 0 Å². The van der Waals surface area contributed by atoms with E-state index in [9.17, 15) is 24.1 Å². The number of rotatable bonds is 11. The van der Waals surface area contributed by atoms with E-state index >= 15 is 0 Å². The number of carboxylic acid groups (broad SMARTS) is 1. The molecule has 0 spiro atoms. The fourth-order valence-electron chi connectivity index (χ4n) is 5.19. The summed E-state index contributed by atoms with van der Waals surface area (Å²) in [4.78, 5) is 46.2. The maximum Gasteiger partial charge on any atom is 0.419 e. The van der Waals surface area contributed by atoms with Gasteiger partial charge in [-0.25, -0.2) is 19.5 Å². The number of carbonyl (C=O) groups is 3. The van der Waals surface area contributed by atoms with Gasteiger partial charge < -0.3 is 19.1 Å². The van der Waals surface area contributed by atoms with Crippen LogP contribution in [-0.2, 0) is 29.9 Å². The number of amides is 2. The van der Waals surface area contributed by atoms with Gasteiger partial charge in [0.25, 0.3) is 0 Å². The van der Waals surface area contributed by atoms with Crippen molar-refractivity contribution in [3.63, 3.8) is 0 Å². The van der Waals surface area contributed by atoms with Crippen molar-refractivity contribution >= 4 is 36.9 Å². The van der Waals surface area contributed by atoms with Gasteiger partial charge in [-0.1, -0.05) is 24.3 Å². The Hall–Kier alpha value is -2.79. The number of carbonyl (C=O) groups excluding carboxylic acids is 2. The van der Waals surface area contributed by atoms with Crippen molar-refractivity contribution in [3.8, 4) is 10.6 Å². The van der Waals surface area contributed by atoms with Gasteiger partial charge in [-0.3, -0.25) is 14.3 Å². The summed E-state index contributed by atoms with van der Waals surface area (Å²) in [5.41, 5.74) is 0.309. The van der Waals surface area contributed by atoms with E-state index in [-0.39, 0.29) is 45.1 Å². The molecule has 1 saturated heterocycles. The monoisotopic (exact) mass is 651 g/mol. The number of benzene rings is 1. The van der Waals surface area contributed by atoms with Crippen molar-refractivity contribution in [2.75, 3.05) is 32.4 Å². The fraction of sp³-hybridized carbons (Fsp3) is 0.613. The molecule has 13 heteroatoms. The molecular formula is C31H46N3O8PS. The van der Waals surface area contributed by atoms with Crippen molar-refractivity contribution < 1.29 is 38.1 Å². The molecule has 1 aliphatic heterocycles. The topological polar surface area (TPSA) is 136 Å². The molecule has 2 amide bonds. The van der Waals surface area contributed by atoms with Crippen molar-refractivity contribution in [2.45, 2.75) is 90.6 Å². The molecule has 1 aromatic carbocycles. The van der Waals surface area contributed by atoms with Crippen LogP contribution in [0.4, 0.5) is 9.59 Å². The summed E-state index contributed by atoms with van der Waals surface area (Å²) in [6.07, 6.45) is 0.736. The van der Waals surface area contributed by atoms with Crippen molar-refractivity contribution in [1.82, 2.24) is 14.8 Å². The van der Waals surface area contributed by atoms with E-state index in [1.54, 1.807) is 54.7 Å². The molecule has 0 aliphatic carbocycles. The SMILES string of the molecule is CCOP1(=O)CCN(Cc2ccccc2-c2nccs2)CC1(CCCCN(C(=O)OC(C)(C)C)C(=O)OC(C)(C)C)C(=O)O. The first kappa shape index (κ1) is 35.7. The fourth-order valence-corrected chi connectivity index (χ4v) is 8.86. The zero-order chi connectivity index (χ0) is 32.8. The molecular weight excluding hydrogens is 605 g/mol. The summed E-state index contributed by atoms with van der Waals surface area (Å²) in [5, 5.41) is 11.8. The Bertz CT molecular complexity index is 1310. The van der Waals surface area contributed by atoms with E-state index in [4.69, 9.17) is 14.0 Å². The lowest BCUT2D eigenvalue weighted by Crippen LogP contribution is -2.54. The number of thiazole rings is 1. The molecule has 0 radical (unpaired) electrons. The Morgan fingerprint density at radius 3 is 2.25 bits per heavy atom. The van der Waals surface area contributed by atoms with E-state index in [1.807, 2.05) is 34.5 Å². The molecule has 1 aromatic heterocycles. The predicted octanol–water partition coefficient (Wildman–Crippen LogP) is 7.11. The van der Waals surface area contributed by atoms with Crippen LogP contribution in [0.1, 0.15) is 73.3 Å². The first-order valence-electron chi connectivity index (χ1n) is 14.9. The molecule has 2 unspecified atom stereocenters. The lowest BCUT2D eigenvalue weighted by molar-refractivity contribution is -0.141. The Morgan fingerprint density at radius 2 is 1.70 bits per heavy atom. The molecule has 44 heavy (non-hydrogen) atoms. The van der Waals surface area contributed by atoms with Gasteiger partial charge in [0.05, 0.1) is 6.61 Å². The van der Waals surface area contributed by atoms with Gasteiger partial charge in [0, 0.05) is 49.5 Å². The van der Waals surface area contributed by atoms with Gasteiger partial charge in [-0.2, -0.15) is 0 Å². The lowest BCUT2D eigenvalue weighted by atomic mass is 9.98. The van der Waals surface area contributed by atoms with Crippen LogP contribution in [-0.4, -0.2) is 86.8 Å². The van der Waals surface area contributed by atoms with Gasteiger partial charge >= 0.3 is 18.2 Å². The molecule has 2 atom stereocenters. The number of imide groups is 1. The highest BCUT2D eigenvalue weighted by molar-refractivity contribution is 7.62. The summed E-state index contributed by atoms with van der Waals surface area (Å²) in [5.74, 6) is -1.18. The molecule has 1 aliphatic rings. The summed E-state index contributed by atoms with van der Waals surface area (Å²) in [6.45, 7) is 12.9. The van der Waals surface area contributed by atoms with Crippen LogP contribution in [0.25, 0.3) is 10.6 Å². The molecule has 244 valence electrons. The lowest BCUT2D eigenvalue weighted by Gasteiger charge is -2.45. The number of nitrogens with zero attached hydrogens (tertiary/aromatic N) is 3. The summed E-state index contributed by atoms with van der Waals surface area (Å²) < 4.78 is 30.9. The number of aromatic nitrogens is 1. The highest BCUT2D eigenvalue weighted by Crippen LogP contribution is 2.63. The minimum Gasteiger partial charge on any atom is -0.480 e. The zero-order valence-corrected chi connectivity index (χ0v) is 28.5. The molecule has 0 bridgehead atoms. The van der Waals surface area contributed by atoms with Gasteiger partial charge in [0.15, 0.2) is 5.16 Å². The van der Waals surface area contributed by atoms with E-state index in [0.29, 0.717) is 13.1 Å². The quantitative estimate of drug-likeness (QED) is 0.198. The number of ether oxygens (including phenoxy) is 2. The Kier molecular flexibility index (Phi) is 11.8. The number of carboxylic acids is 1. The Balaban J connectivity index is 1.81. The number of aliphatic carboxylic acids is 1. The average Bonchev–Trinajstić information content (AvgIpc) is 3.43. The maximum absolute atomic E-state index is 14.2. The van der Waals surface area contributed by atoms with Crippen LogP contribution in [0.5, 0.6) is 0 Å². The van der Waals surface area contributed by atoms with Gasteiger partial charge in [-0.15, -0.1) is 11.3 Å². The van der Waals surface area contributed by atoms with Crippen molar-refractivity contribution in [3.05, 3.63) is 41.4 Å². The Morgan fingerprint density at radius 1 is 1.07 bits per heavy atom. The van der Waals surface area contributed by atoms with E-state index in [0.717, 1.165) is 21.0 Å². The number of hydrogen-bond donors (Lipinski definition) is 1. The minimum absolute atomic E-state index is 0.0354. The van der Waals surface area contributed by atoms with Crippen LogP contribution in [0.3, 0.4) is 0 Å². The standard InChI is InChI=1S/C31H46N3O8PS/c1-8-40-43(39)19-18-33(21-23-13-9-10-14-24(23)25-32-16-20-44-25)22-31(43,26(35)36)15-11-12-17-34(27(37)41-29(2,3)4)28(38)42-30(5,6)7/h9-10,13-14,16,20H,8,11-12,15,17-19,21-22H2,1-7H3,(H,35,36). The molecule has 0 saturated carbocycles. The predicted molar refractivity (Wildman–Crippen MR) is 170 cm³/mol. The summed E-state index contributed by atoms with van der Waals surface area (Å²) >= 11 is 1.53. The smallest absolute Gasteiger partial charge is 0.419 e. The van der Waals surface area contributed by atoms with Crippen LogP contribution in [0.2, 0.25) is 0 Å². The largest absolute Gasteiger partial charge is 0.480 e. The third-order valence-corrected chi connectivity index (χ3v) is 11.2. The second kappa shape index (κ2) is 14.5. The first-order chi connectivity index (χ1) is 20.5. The molecule has 2 aromatic rings. The molecule has 3 rings (SSSR count).